The smallest absolute Gasteiger partial charge is 0.322 e. The van der Waals surface area contributed by atoms with Gasteiger partial charge in [-0.3, -0.25) is 4.98 Å². The van der Waals surface area contributed by atoms with Gasteiger partial charge in [0.05, 0.1) is 35.6 Å². The van der Waals surface area contributed by atoms with Crippen LogP contribution in [0.1, 0.15) is 30.2 Å². The number of urea groups is 1. The Morgan fingerprint density at radius 2 is 2.12 bits per heavy atom. The predicted octanol–water partition coefficient (Wildman–Crippen LogP) is 4.16. The highest BCUT2D eigenvalue weighted by Gasteiger charge is 2.23. The second-order valence-corrected chi connectivity index (χ2v) is 6.47. The van der Waals surface area contributed by atoms with Crippen molar-refractivity contribution in [1.82, 2.24) is 9.88 Å². The van der Waals surface area contributed by atoms with Crippen LogP contribution >= 0.6 is 11.6 Å². The van der Waals surface area contributed by atoms with E-state index in [9.17, 15) is 9.90 Å². The number of aliphatic hydroxyl groups is 1. The Labute approximate surface area is 153 Å². The molecule has 0 bridgehead atoms. The van der Waals surface area contributed by atoms with Crippen LogP contribution < -0.4 is 5.32 Å². The molecule has 0 unspecified atom stereocenters. The van der Waals surface area contributed by atoms with Gasteiger partial charge in [0, 0.05) is 6.20 Å². The van der Waals surface area contributed by atoms with E-state index in [1.807, 2.05) is 51.1 Å². The van der Waals surface area contributed by atoms with Crippen LogP contribution in [0.4, 0.5) is 10.5 Å². The molecule has 0 aliphatic rings. The van der Waals surface area contributed by atoms with Gasteiger partial charge in [0.15, 0.2) is 0 Å². The van der Waals surface area contributed by atoms with E-state index in [2.05, 4.69) is 10.3 Å². The molecular weight excluding hydrogens is 338 g/mol. The van der Waals surface area contributed by atoms with Crippen LogP contribution in [0, 0.1) is 13.8 Å². The predicted molar refractivity (Wildman–Crippen MR) is 101 cm³/mol. The van der Waals surface area contributed by atoms with Crippen molar-refractivity contribution < 1.29 is 9.90 Å². The molecule has 0 radical (unpaired) electrons. The third-order valence-corrected chi connectivity index (χ3v) is 4.40. The first kappa shape index (κ1) is 19.2. The van der Waals surface area contributed by atoms with Gasteiger partial charge in [-0.25, -0.2) is 4.79 Å². The summed E-state index contributed by atoms with van der Waals surface area (Å²) in [5.41, 5.74) is 3.29. The zero-order valence-electron chi connectivity index (χ0n) is 14.8. The Bertz CT molecular complexity index is 695. The molecule has 1 aromatic carbocycles. The molecule has 0 aliphatic carbocycles. The van der Waals surface area contributed by atoms with Gasteiger partial charge in [-0.1, -0.05) is 30.7 Å². The molecule has 0 aliphatic heterocycles. The molecule has 5 nitrogen and oxygen atoms in total. The van der Waals surface area contributed by atoms with E-state index in [0.29, 0.717) is 23.7 Å². The fourth-order valence-electron chi connectivity index (χ4n) is 2.73. The van der Waals surface area contributed by atoms with Crippen molar-refractivity contribution in [1.29, 1.82) is 0 Å². The molecular formula is C19H24ClN3O2. The van der Waals surface area contributed by atoms with Crippen LogP contribution in [0.2, 0.25) is 5.02 Å². The van der Waals surface area contributed by atoms with Crippen LogP contribution in [0.3, 0.4) is 0 Å². The van der Waals surface area contributed by atoms with Crippen LogP contribution in [-0.2, 0) is 6.54 Å². The zero-order valence-corrected chi connectivity index (χ0v) is 15.5. The molecule has 2 rings (SSSR count). The molecule has 0 saturated heterocycles. The zero-order chi connectivity index (χ0) is 18.4. The molecule has 2 N–H and O–H groups in total. The maximum Gasteiger partial charge on any atom is 0.322 e. The van der Waals surface area contributed by atoms with Gasteiger partial charge in [0.2, 0.25) is 0 Å². The number of aryl methyl sites for hydroxylation is 2. The van der Waals surface area contributed by atoms with Crippen molar-refractivity contribution in [3.63, 3.8) is 0 Å². The highest BCUT2D eigenvalue weighted by molar-refractivity contribution is 6.34. The number of rotatable bonds is 6. The second-order valence-electron chi connectivity index (χ2n) is 6.06. The number of nitrogens with one attached hydrogen (secondary N) is 1. The number of hydrogen-bond acceptors (Lipinski definition) is 3. The normalized spacial score (nSPS) is 11.9. The van der Waals surface area contributed by atoms with Gasteiger partial charge in [0.1, 0.15) is 0 Å². The summed E-state index contributed by atoms with van der Waals surface area (Å²) >= 11 is 6.30. The minimum Gasteiger partial charge on any atom is -0.394 e. The minimum absolute atomic E-state index is 0.114. The molecule has 25 heavy (non-hydrogen) atoms. The number of pyridine rings is 1. The van der Waals surface area contributed by atoms with E-state index < -0.39 is 0 Å². The van der Waals surface area contributed by atoms with Crippen molar-refractivity contribution in [3.05, 3.63) is 58.4 Å². The van der Waals surface area contributed by atoms with Crippen molar-refractivity contribution in [2.45, 2.75) is 39.8 Å². The molecule has 1 atom stereocenters. The number of anilines is 1. The summed E-state index contributed by atoms with van der Waals surface area (Å²) in [7, 11) is 0. The van der Waals surface area contributed by atoms with Crippen LogP contribution in [0.5, 0.6) is 0 Å². The Morgan fingerprint density at radius 1 is 1.36 bits per heavy atom. The number of carbonyl (C=O) groups excluding carboxylic acids is 1. The van der Waals surface area contributed by atoms with Crippen LogP contribution in [0.25, 0.3) is 0 Å². The molecule has 134 valence electrons. The number of aromatic nitrogens is 1. The summed E-state index contributed by atoms with van der Waals surface area (Å²) in [5.74, 6) is 0. The summed E-state index contributed by atoms with van der Waals surface area (Å²) in [6.45, 7) is 5.99. The number of benzene rings is 1. The number of halogens is 1. The summed E-state index contributed by atoms with van der Waals surface area (Å²) < 4.78 is 0. The monoisotopic (exact) mass is 361 g/mol. The lowest BCUT2D eigenvalue weighted by Gasteiger charge is -2.30. The van der Waals surface area contributed by atoms with E-state index in [1.165, 1.54) is 0 Å². The Hall–Kier alpha value is -2.11. The lowest BCUT2D eigenvalue weighted by atomic mass is 10.1. The van der Waals surface area contributed by atoms with E-state index in [-0.39, 0.29) is 18.7 Å². The van der Waals surface area contributed by atoms with E-state index in [0.717, 1.165) is 16.8 Å². The molecule has 2 aromatic rings. The summed E-state index contributed by atoms with van der Waals surface area (Å²) in [6, 6.07) is 8.73. The number of carbonyl (C=O) groups is 1. The minimum atomic E-state index is -0.305. The fraction of sp³-hybridized carbons (Fsp3) is 0.368. The van der Waals surface area contributed by atoms with Gasteiger partial charge in [-0.05, 0) is 49.6 Å². The van der Waals surface area contributed by atoms with Gasteiger partial charge in [0.25, 0.3) is 0 Å². The van der Waals surface area contributed by atoms with Crippen LogP contribution in [0.15, 0.2) is 36.5 Å². The maximum atomic E-state index is 12.9. The van der Waals surface area contributed by atoms with Gasteiger partial charge < -0.3 is 15.3 Å². The van der Waals surface area contributed by atoms with Crippen molar-refractivity contribution in [2.24, 2.45) is 0 Å². The molecule has 0 saturated carbocycles. The lowest BCUT2D eigenvalue weighted by molar-refractivity contribution is 0.133. The van der Waals surface area contributed by atoms with Crippen molar-refractivity contribution in [3.8, 4) is 0 Å². The molecule has 0 spiro atoms. The Kier molecular flexibility index (Phi) is 6.79. The highest BCUT2D eigenvalue weighted by Crippen LogP contribution is 2.28. The quantitative estimate of drug-likeness (QED) is 0.812. The third kappa shape index (κ3) is 4.94. The largest absolute Gasteiger partial charge is 0.394 e. The summed E-state index contributed by atoms with van der Waals surface area (Å²) in [6.07, 6.45) is 2.32. The van der Waals surface area contributed by atoms with Crippen molar-refractivity contribution >= 4 is 23.3 Å². The molecule has 2 amide bonds. The van der Waals surface area contributed by atoms with Gasteiger partial charge in [-0.15, -0.1) is 0 Å². The highest BCUT2D eigenvalue weighted by atomic mass is 35.5. The topological polar surface area (TPSA) is 65.5 Å². The van der Waals surface area contributed by atoms with E-state index in [1.54, 1.807) is 11.1 Å². The molecule has 1 heterocycles. The lowest BCUT2D eigenvalue weighted by Crippen LogP contribution is -2.44. The SMILES string of the molecule is CC[C@H](CO)N(Cc1ccccn1)C(=O)Nc1c(C)cc(C)cc1Cl. The summed E-state index contributed by atoms with van der Waals surface area (Å²) in [5, 5.41) is 13.1. The number of nitrogens with zero attached hydrogens (tertiary/aromatic N) is 2. The van der Waals surface area contributed by atoms with Crippen molar-refractivity contribution in [2.75, 3.05) is 11.9 Å². The molecule has 6 heteroatoms. The average molecular weight is 362 g/mol. The Balaban J connectivity index is 2.26. The Morgan fingerprint density at radius 3 is 2.68 bits per heavy atom. The number of aliphatic hydroxyl groups excluding tert-OH is 1. The van der Waals surface area contributed by atoms with E-state index >= 15 is 0 Å². The number of hydrogen-bond donors (Lipinski definition) is 2. The van der Waals surface area contributed by atoms with Crippen LogP contribution in [-0.4, -0.2) is 33.7 Å². The van der Waals surface area contributed by atoms with Gasteiger partial charge >= 0.3 is 6.03 Å². The second kappa shape index (κ2) is 8.83. The first-order valence-electron chi connectivity index (χ1n) is 8.31. The maximum absolute atomic E-state index is 12.9. The van der Waals surface area contributed by atoms with Gasteiger partial charge in [-0.2, -0.15) is 0 Å². The third-order valence-electron chi connectivity index (χ3n) is 4.11. The number of amides is 2. The molecule has 0 fully saturated rings. The first-order valence-corrected chi connectivity index (χ1v) is 8.69. The first-order chi connectivity index (χ1) is 12.0. The molecule has 1 aromatic heterocycles. The standard InChI is InChI=1S/C19H24ClN3O2/c1-4-16(12-24)23(11-15-7-5-6-8-21-15)19(25)22-18-14(3)9-13(2)10-17(18)20/h5-10,16,24H,4,11-12H2,1-3H3,(H,22,25)/t16-/m1/s1. The summed E-state index contributed by atoms with van der Waals surface area (Å²) in [4.78, 5) is 18.8. The fourth-order valence-corrected chi connectivity index (χ4v) is 3.10. The van der Waals surface area contributed by atoms with E-state index in [4.69, 9.17) is 11.6 Å². The average Bonchev–Trinajstić information content (AvgIpc) is 2.59.